The van der Waals surface area contributed by atoms with Crippen molar-refractivity contribution in [3.05, 3.63) is 46.2 Å². The van der Waals surface area contributed by atoms with E-state index in [0.29, 0.717) is 12.1 Å². The molecule has 0 saturated carbocycles. The summed E-state index contributed by atoms with van der Waals surface area (Å²) in [5.74, 6) is -0.0223. The second kappa shape index (κ2) is 5.69. The second-order valence-corrected chi connectivity index (χ2v) is 5.63. The number of nitrogens with two attached hydrogens (primary N) is 1. The summed E-state index contributed by atoms with van der Waals surface area (Å²) in [7, 11) is 0. The standard InChI is InChI=1S/C16H19N3O2/c17-13-5-3-7-19(10-13)15(20)9-12-8-11-4-1-2-6-14(11)18-16(12)21/h1-2,4,6,8,13H,3,5,7,9-10,17H2,(H,18,21)/t13-/m1/s1. The minimum absolute atomic E-state index is 0.0223. The van der Waals surface area contributed by atoms with Gasteiger partial charge in [-0.15, -0.1) is 0 Å². The van der Waals surface area contributed by atoms with E-state index in [1.807, 2.05) is 24.3 Å². The number of carbonyl (C=O) groups is 1. The molecule has 3 rings (SSSR count). The van der Waals surface area contributed by atoms with Gasteiger partial charge in [-0.05, 0) is 30.4 Å². The number of pyridine rings is 1. The van der Waals surface area contributed by atoms with Gasteiger partial charge in [0.2, 0.25) is 5.91 Å². The van der Waals surface area contributed by atoms with Gasteiger partial charge in [0, 0.05) is 30.2 Å². The lowest BCUT2D eigenvalue weighted by molar-refractivity contribution is -0.131. The van der Waals surface area contributed by atoms with Crippen molar-refractivity contribution in [2.75, 3.05) is 13.1 Å². The monoisotopic (exact) mass is 285 g/mol. The van der Waals surface area contributed by atoms with Gasteiger partial charge in [-0.1, -0.05) is 18.2 Å². The van der Waals surface area contributed by atoms with Gasteiger partial charge in [0.1, 0.15) is 0 Å². The lowest BCUT2D eigenvalue weighted by Crippen LogP contribution is -2.46. The molecule has 0 aliphatic carbocycles. The first kappa shape index (κ1) is 13.8. The number of piperidine rings is 1. The predicted molar refractivity (Wildman–Crippen MR) is 82.1 cm³/mol. The maximum atomic E-state index is 12.3. The molecular weight excluding hydrogens is 266 g/mol. The van der Waals surface area contributed by atoms with Crippen LogP contribution in [0.25, 0.3) is 10.9 Å². The van der Waals surface area contributed by atoms with Crippen LogP contribution in [0.5, 0.6) is 0 Å². The molecule has 3 N–H and O–H groups in total. The van der Waals surface area contributed by atoms with Crippen LogP contribution in [0.3, 0.4) is 0 Å². The Hall–Kier alpha value is -2.14. The zero-order valence-electron chi connectivity index (χ0n) is 11.8. The molecule has 0 unspecified atom stereocenters. The highest BCUT2D eigenvalue weighted by Crippen LogP contribution is 2.13. The maximum Gasteiger partial charge on any atom is 0.252 e. The van der Waals surface area contributed by atoms with Crippen molar-refractivity contribution in [2.45, 2.75) is 25.3 Å². The molecule has 1 saturated heterocycles. The van der Waals surface area contributed by atoms with Crippen LogP contribution in [0.2, 0.25) is 0 Å². The number of rotatable bonds is 2. The van der Waals surface area contributed by atoms with E-state index in [2.05, 4.69) is 4.98 Å². The average Bonchev–Trinajstić information content (AvgIpc) is 2.48. The van der Waals surface area contributed by atoms with Crippen LogP contribution >= 0.6 is 0 Å². The fraction of sp³-hybridized carbons (Fsp3) is 0.375. The summed E-state index contributed by atoms with van der Waals surface area (Å²) in [6.45, 7) is 1.32. The normalized spacial score (nSPS) is 18.9. The Bertz CT molecular complexity index is 723. The van der Waals surface area contributed by atoms with Gasteiger partial charge < -0.3 is 15.6 Å². The smallest absolute Gasteiger partial charge is 0.252 e. The third-order valence-corrected chi connectivity index (χ3v) is 3.98. The first-order chi connectivity index (χ1) is 10.1. The molecule has 5 nitrogen and oxygen atoms in total. The summed E-state index contributed by atoms with van der Waals surface area (Å²) >= 11 is 0. The van der Waals surface area contributed by atoms with Crippen LogP contribution < -0.4 is 11.3 Å². The number of H-pyrrole nitrogens is 1. The molecule has 2 heterocycles. The molecule has 1 aliphatic rings. The number of amides is 1. The highest BCUT2D eigenvalue weighted by atomic mass is 16.2. The van der Waals surface area contributed by atoms with E-state index >= 15 is 0 Å². The van der Waals surface area contributed by atoms with Crippen LogP contribution in [0.1, 0.15) is 18.4 Å². The number of likely N-dealkylation sites (tertiary alicyclic amines) is 1. The third kappa shape index (κ3) is 2.97. The number of carbonyl (C=O) groups excluding carboxylic acids is 1. The lowest BCUT2D eigenvalue weighted by Gasteiger charge is -2.30. The Morgan fingerprint density at radius 1 is 1.38 bits per heavy atom. The molecular formula is C16H19N3O2. The van der Waals surface area contributed by atoms with Gasteiger partial charge >= 0.3 is 0 Å². The summed E-state index contributed by atoms with van der Waals surface area (Å²) in [6.07, 6.45) is 2.02. The van der Waals surface area contributed by atoms with Gasteiger partial charge in [-0.25, -0.2) is 0 Å². The molecule has 1 atom stereocenters. The molecule has 1 fully saturated rings. The summed E-state index contributed by atoms with van der Waals surface area (Å²) in [4.78, 5) is 29.0. The Morgan fingerprint density at radius 2 is 2.19 bits per heavy atom. The van der Waals surface area contributed by atoms with Gasteiger partial charge in [0.15, 0.2) is 0 Å². The predicted octanol–water partition coefficient (Wildman–Crippen LogP) is 1.02. The quantitative estimate of drug-likeness (QED) is 0.864. The van der Waals surface area contributed by atoms with Crippen molar-refractivity contribution in [2.24, 2.45) is 5.73 Å². The Kier molecular flexibility index (Phi) is 3.75. The van der Waals surface area contributed by atoms with Crippen molar-refractivity contribution < 1.29 is 4.79 Å². The number of nitrogens with zero attached hydrogens (tertiary/aromatic N) is 1. The van der Waals surface area contributed by atoms with E-state index in [1.165, 1.54) is 0 Å². The zero-order chi connectivity index (χ0) is 14.8. The molecule has 1 aromatic carbocycles. The van der Waals surface area contributed by atoms with Gasteiger partial charge in [-0.3, -0.25) is 9.59 Å². The molecule has 5 heteroatoms. The van der Waals surface area contributed by atoms with Gasteiger partial charge in [0.25, 0.3) is 5.56 Å². The third-order valence-electron chi connectivity index (χ3n) is 3.98. The number of hydrogen-bond acceptors (Lipinski definition) is 3. The molecule has 1 amide bonds. The van der Waals surface area contributed by atoms with Gasteiger partial charge in [0.05, 0.1) is 6.42 Å². The number of aromatic amines is 1. The largest absolute Gasteiger partial charge is 0.341 e. The molecule has 1 aromatic heterocycles. The first-order valence-electron chi connectivity index (χ1n) is 7.28. The van der Waals surface area contributed by atoms with E-state index < -0.39 is 0 Å². The highest BCUT2D eigenvalue weighted by Gasteiger charge is 2.22. The molecule has 1 aliphatic heterocycles. The lowest BCUT2D eigenvalue weighted by atomic mass is 10.0. The van der Waals surface area contributed by atoms with Crippen LogP contribution in [0, 0.1) is 0 Å². The van der Waals surface area contributed by atoms with Crippen LogP contribution in [-0.4, -0.2) is 34.9 Å². The topological polar surface area (TPSA) is 79.2 Å². The molecule has 0 radical (unpaired) electrons. The Labute approximate surface area is 122 Å². The van der Waals surface area contributed by atoms with Crippen molar-refractivity contribution in [1.29, 1.82) is 0 Å². The minimum Gasteiger partial charge on any atom is -0.341 e. The number of benzene rings is 1. The van der Waals surface area contributed by atoms with E-state index in [9.17, 15) is 9.59 Å². The van der Waals surface area contributed by atoms with Crippen molar-refractivity contribution >= 4 is 16.8 Å². The van der Waals surface area contributed by atoms with Crippen molar-refractivity contribution in [3.8, 4) is 0 Å². The van der Waals surface area contributed by atoms with E-state index in [1.54, 1.807) is 11.0 Å². The van der Waals surface area contributed by atoms with Crippen molar-refractivity contribution in [1.82, 2.24) is 9.88 Å². The number of para-hydroxylation sites is 1. The summed E-state index contributed by atoms with van der Waals surface area (Å²) in [6, 6.07) is 9.42. The van der Waals surface area contributed by atoms with E-state index in [4.69, 9.17) is 5.73 Å². The number of aromatic nitrogens is 1. The number of fused-ring (bicyclic) bond motifs is 1. The second-order valence-electron chi connectivity index (χ2n) is 5.63. The fourth-order valence-electron chi connectivity index (χ4n) is 2.84. The Morgan fingerprint density at radius 3 is 3.00 bits per heavy atom. The van der Waals surface area contributed by atoms with Crippen molar-refractivity contribution in [3.63, 3.8) is 0 Å². The van der Waals surface area contributed by atoms with Crippen LogP contribution in [-0.2, 0) is 11.2 Å². The summed E-state index contributed by atoms with van der Waals surface area (Å²) in [5, 5.41) is 0.940. The Balaban J connectivity index is 1.82. The highest BCUT2D eigenvalue weighted by molar-refractivity contribution is 5.82. The fourth-order valence-corrected chi connectivity index (χ4v) is 2.84. The number of hydrogen-bond donors (Lipinski definition) is 2. The summed E-state index contributed by atoms with van der Waals surface area (Å²) < 4.78 is 0. The van der Waals surface area contributed by atoms with E-state index in [-0.39, 0.29) is 23.9 Å². The molecule has 110 valence electrons. The van der Waals surface area contributed by atoms with Crippen LogP contribution in [0.4, 0.5) is 0 Å². The number of nitrogens with one attached hydrogen (secondary N) is 1. The van der Waals surface area contributed by atoms with Gasteiger partial charge in [-0.2, -0.15) is 0 Å². The molecule has 0 bridgehead atoms. The average molecular weight is 285 g/mol. The SMILES string of the molecule is N[C@@H]1CCCN(C(=O)Cc2cc3ccccc3[nH]c2=O)C1. The molecule has 2 aromatic rings. The summed E-state index contributed by atoms with van der Waals surface area (Å²) in [5.41, 5.74) is 7.01. The maximum absolute atomic E-state index is 12.3. The molecule has 0 spiro atoms. The first-order valence-corrected chi connectivity index (χ1v) is 7.28. The minimum atomic E-state index is -0.191. The van der Waals surface area contributed by atoms with E-state index in [0.717, 1.165) is 30.3 Å². The zero-order valence-corrected chi connectivity index (χ0v) is 11.8. The molecule has 21 heavy (non-hydrogen) atoms. The van der Waals surface area contributed by atoms with Crippen LogP contribution in [0.15, 0.2) is 35.1 Å².